The van der Waals surface area contributed by atoms with Crippen molar-refractivity contribution < 1.29 is 5.11 Å². The molecule has 1 atom stereocenters. The van der Waals surface area contributed by atoms with Crippen LogP contribution in [0.3, 0.4) is 0 Å². The van der Waals surface area contributed by atoms with Crippen LogP contribution in [0, 0.1) is 0 Å². The van der Waals surface area contributed by atoms with Gasteiger partial charge in [-0.05, 0) is 32.5 Å². The van der Waals surface area contributed by atoms with Gasteiger partial charge in [-0.3, -0.25) is 0 Å². The van der Waals surface area contributed by atoms with E-state index < -0.39 is 0 Å². The third kappa shape index (κ3) is 6.41. The van der Waals surface area contributed by atoms with Crippen LogP contribution < -0.4 is 5.32 Å². The van der Waals surface area contributed by atoms with Crippen molar-refractivity contribution >= 4 is 0 Å². The summed E-state index contributed by atoms with van der Waals surface area (Å²) in [5.41, 5.74) is 1.33. The highest BCUT2D eigenvalue weighted by Gasteiger charge is 2.06. The number of rotatable bonds is 8. The standard InChI is InChI=1S/C14H24N2O/c1-16(2)11-10-15-14(12-17)9-8-13-6-4-3-5-7-13/h3-7,14-15,17H,8-12H2,1-2H3. The zero-order valence-corrected chi connectivity index (χ0v) is 10.9. The number of nitrogens with one attached hydrogen (secondary N) is 1. The molecule has 0 saturated carbocycles. The van der Waals surface area contributed by atoms with Gasteiger partial charge in [-0.15, -0.1) is 0 Å². The molecule has 0 heterocycles. The van der Waals surface area contributed by atoms with Gasteiger partial charge in [0.05, 0.1) is 6.61 Å². The minimum atomic E-state index is 0.204. The minimum absolute atomic E-state index is 0.204. The molecule has 17 heavy (non-hydrogen) atoms. The second-order valence-corrected chi connectivity index (χ2v) is 4.66. The minimum Gasteiger partial charge on any atom is -0.395 e. The number of hydrogen-bond acceptors (Lipinski definition) is 3. The first-order valence-corrected chi connectivity index (χ1v) is 6.25. The number of aliphatic hydroxyl groups excluding tert-OH is 1. The molecule has 0 saturated heterocycles. The van der Waals surface area contributed by atoms with Gasteiger partial charge in [0.25, 0.3) is 0 Å². The summed E-state index contributed by atoms with van der Waals surface area (Å²) in [6.45, 7) is 2.13. The smallest absolute Gasteiger partial charge is 0.0584 e. The molecule has 1 aromatic carbocycles. The van der Waals surface area contributed by atoms with Gasteiger partial charge in [-0.25, -0.2) is 0 Å². The van der Waals surface area contributed by atoms with Crippen LogP contribution in [0.15, 0.2) is 30.3 Å². The Morgan fingerprint density at radius 2 is 1.94 bits per heavy atom. The van der Waals surface area contributed by atoms with E-state index in [1.165, 1.54) is 5.56 Å². The SMILES string of the molecule is CN(C)CCNC(CO)CCc1ccccc1. The number of aryl methyl sites for hydroxylation is 1. The summed E-state index contributed by atoms with van der Waals surface area (Å²) in [5, 5.41) is 12.7. The lowest BCUT2D eigenvalue weighted by Crippen LogP contribution is -2.37. The number of benzene rings is 1. The fraction of sp³-hybridized carbons (Fsp3) is 0.571. The highest BCUT2D eigenvalue weighted by molar-refractivity contribution is 5.14. The van der Waals surface area contributed by atoms with Crippen molar-refractivity contribution in [1.82, 2.24) is 10.2 Å². The topological polar surface area (TPSA) is 35.5 Å². The summed E-state index contributed by atoms with van der Waals surface area (Å²) in [6, 6.07) is 10.6. The predicted octanol–water partition coefficient (Wildman–Crippen LogP) is 1.13. The van der Waals surface area contributed by atoms with Crippen LogP contribution >= 0.6 is 0 Å². The van der Waals surface area contributed by atoms with Crippen LogP contribution in [0.1, 0.15) is 12.0 Å². The first-order chi connectivity index (χ1) is 8.22. The molecule has 1 unspecified atom stereocenters. The molecule has 0 aliphatic heterocycles. The van der Waals surface area contributed by atoms with E-state index in [1.807, 2.05) is 6.07 Å². The molecule has 0 aromatic heterocycles. The van der Waals surface area contributed by atoms with Crippen LogP contribution in [-0.2, 0) is 6.42 Å². The molecule has 0 amide bonds. The molecule has 1 aromatic rings. The number of nitrogens with zero attached hydrogens (tertiary/aromatic N) is 1. The van der Waals surface area contributed by atoms with E-state index in [4.69, 9.17) is 0 Å². The van der Waals surface area contributed by atoms with Crippen molar-refractivity contribution in [3.05, 3.63) is 35.9 Å². The molecule has 0 spiro atoms. The predicted molar refractivity (Wildman–Crippen MR) is 72.2 cm³/mol. The maximum absolute atomic E-state index is 9.29. The average molecular weight is 236 g/mol. The lowest BCUT2D eigenvalue weighted by molar-refractivity contribution is 0.232. The molecule has 0 radical (unpaired) electrons. The van der Waals surface area contributed by atoms with Crippen LogP contribution in [0.5, 0.6) is 0 Å². The summed E-state index contributed by atoms with van der Waals surface area (Å²) in [5.74, 6) is 0. The highest BCUT2D eigenvalue weighted by atomic mass is 16.3. The third-order valence-electron chi connectivity index (χ3n) is 2.84. The van der Waals surface area contributed by atoms with E-state index in [1.54, 1.807) is 0 Å². The van der Waals surface area contributed by atoms with Gasteiger partial charge < -0.3 is 15.3 Å². The van der Waals surface area contributed by atoms with Gasteiger partial charge in [0.2, 0.25) is 0 Å². The normalized spacial score (nSPS) is 12.9. The first-order valence-electron chi connectivity index (χ1n) is 6.25. The Hall–Kier alpha value is -0.900. The Morgan fingerprint density at radius 1 is 1.24 bits per heavy atom. The van der Waals surface area contributed by atoms with Gasteiger partial charge in [0.1, 0.15) is 0 Å². The maximum atomic E-state index is 9.29. The maximum Gasteiger partial charge on any atom is 0.0584 e. The molecular weight excluding hydrogens is 212 g/mol. The molecule has 0 fully saturated rings. The van der Waals surface area contributed by atoms with Crippen LogP contribution in [-0.4, -0.2) is 49.8 Å². The summed E-state index contributed by atoms with van der Waals surface area (Å²) < 4.78 is 0. The van der Waals surface area contributed by atoms with E-state index in [2.05, 4.69) is 48.6 Å². The van der Waals surface area contributed by atoms with Crippen molar-refractivity contribution in [2.45, 2.75) is 18.9 Å². The Balaban J connectivity index is 2.23. The molecule has 0 bridgehead atoms. The van der Waals surface area contributed by atoms with Gasteiger partial charge in [-0.2, -0.15) is 0 Å². The third-order valence-corrected chi connectivity index (χ3v) is 2.84. The molecule has 96 valence electrons. The molecule has 3 nitrogen and oxygen atoms in total. The summed E-state index contributed by atoms with van der Waals surface area (Å²) in [4.78, 5) is 2.14. The quantitative estimate of drug-likeness (QED) is 0.710. The number of hydrogen-bond donors (Lipinski definition) is 2. The largest absolute Gasteiger partial charge is 0.395 e. The molecule has 1 rings (SSSR count). The summed E-state index contributed by atoms with van der Waals surface area (Å²) >= 11 is 0. The number of likely N-dealkylation sites (N-methyl/N-ethyl adjacent to an activating group) is 1. The van der Waals surface area contributed by atoms with Crippen LogP contribution in [0.4, 0.5) is 0 Å². The van der Waals surface area contributed by atoms with Crippen molar-refractivity contribution in [3.63, 3.8) is 0 Å². The van der Waals surface area contributed by atoms with E-state index in [-0.39, 0.29) is 12.6 Å². The molecular formula is C14H24N2O. The van der Waals surface area contributed by atoms with Crippen LogP contribution in [0.25, 0.3) is 0 Å². The Kier molecular flexibility index (Phi) is 6.86. The van der Waals surface area contributed by atoms with Gasteiger partial charge in [0, 0.05) is 19.1 Å². The lowest BCUT2D eigenvalue weighted by atomic mass is 10.1. The monoisotopic (exact) mass is 236 g/mol. The summed E-state index contributed by atoms with van der Waals surface area (Å²) in [7, 11) is 4.11. The fourth-order valence-electron chi connectivity index (χ4n) is 1.74. The van der Waals surface area contributed by atoms with Gasteiger partial charge in [-0.1, -0.05) is 30.3 Å². The Bertz CT molecular complexity index is 288. The van der Waals surface area contributed by atoms with Gasteiger partial charge >= 0.3 is 0 Å². The molecule has 2 N–H and O–H groups in total. The van der Waals surface area contributed by atoms with E-state index >= 15 is 0 Å². The zero-order valence-electron chi connectivity index (χ0n) is 10.9. The van der Waals surface area contributed by atoms with Crippen molar-refractivity contribution in [2.24, 2.45) is 0 Å². The van der Waals surface area contributed by atoms with Crippen molar-refractivity contribution in [3.8, 4) is 0 Å². The van der Waals surface area contributed by atoms with Crippen molar-refractivity contribution in [1.29, 1.82) is 0 Å². The first kappa shape index (κ1) is 14.2. The fourth-order valence-corrected chi connectivity index (χ4v) is 1.74. The lowest BCUT2D eigenvalue weighted by Gasteiger charge is -2.18. The van der Waals surface area contributed by atoms with E-state index in [0.717, 1.165) is 25.9 Å². The molecule has 0 aliphatic rings. The second-order valence-electron chi connectivity index (χ2n) is 4.66. The Morgan fingerprint density at radius 3 is 2.53 bits per heavy atom. The molecule has 0 aliphatic carbocycles. The highest BCUT2D eigenvalue weighted by Crippen LogP contribution is 2.04. The van der Waals surface area contributed by atoms with Gasteiger partial charge in [0.15, 0.2) is 0 Å². The van der Waals surface area contributed by atoms with Crippen LogP contribution in [0.2, 0.25) is 0 Å². The second kappa shape index (κ2) is 8.23. The van der Waals surface area contributed by atoms with Crippen molar-refractivity contribution in [2.75, 3.05) is 33.8 Å². The summed E-state index contributed by atoms with van der Waals surface area (Å²) in [6.07, 6.45) is 2.00. The zero-order chi connectivity index (χ0) is 12.5. The van der Waals surface area contributed by atoms with E-state index in [9.17, 15) is 5.11 Å². The Labute approximate surface area is 104 Å². The van der Waals surface area contributed by atoms with E-state index in [0.29, 0.717) is 0 Å². The molecule has 3 heteroatoms. The average Bonchev–Trinajstić information content (AvgIpc) is 2.34. The number of aliphatic hydroxyl groups is 1.